The molecule has 8 heteroatoms. The zero-order valence-electron chi connectivity index (χ0n) is 15.3. The average molecular weight is 390 g/mol. The molecule has 1 saturated heterocycles. The van der Waals surface area contributed by atoms with Gasteiger partial charge in [0, 0.05) is 19.0 Å². The van der Waals surface area contributed by atoms with Crippen LogP contribution in [0.15, 0.2) is 23.1 Å². The number of hydrogen-bond donors (Lipinski definition) is 1. The van der Waals surface area contributed by atoms with E-state index < -0.39 is 0 Å². The number of nitrogens with one attached hydrogen (secondary N) is 1. The van der Waals surface area contributed by atoms with Gasteiger partial charge in [0.05, 0.1) is 4.91 Å². The molecule has 1 fully saturated rings. The Balaban J connectivity index is 1.59. The molecule has 1 aromatic carbocycles. The molecule has 0 aliphatic carbocycles. The Morgan fingerprint density at radius 1 is 1.33 bits per heavy atom. The third kappa shape index (κ3) is 4.44. The Morgan fingerprint density at radius 2 is 2.11 bits per heavy atom. The fourth-order valence-corrected chi connectivity index (χ4v) is 3.74. The maximum atomic E-state index is 12.5. The van der Waals surface area contributed by atoms with E-state index in [2.05, 4.69) is 5.32 Å². The quantitative estimate of drug-likeness (QED) is 0.721. The van der Waals surface area contributed by atoms with E-state index in [9.17, 15) is 14.4 Å². The number of benzene rings is 1. The lowest BCUT2D eigenvalue weighted by Gasteiger charge is -2.15. The maximum Gasteiger partial charge on any atom is 0.293 e. The summed E-state index contributed by atoms with van der Waals surface area (Å²) in [7, 11) is 0. The summed E-state index contributed by atoms with van der Waals surface area (Å²) in [6.07, 6.45) is 3.41. The molecule has 7 nitrogen and oxygen atoms in total. The number of carbonyl (C=O) groups excluding carboxylic acids is 3. The highest BCUT2D eigenvalue weighted by Gasteiger charge is 2.34. The van der Waals surface area contributed by atoms with E-state index in [0.29, 0.717) is 16.4 Å². The van der Waals surface area contributed by atoms with E-state index in [1.54, 1.807) is 24.3 Å². The van der Waals surface area contributed by atoms with Crippen molar-refractivity contribution < 1.29 is 23.9 Å². The molecule has 3 rings (SSSR count). The molecule has 0 spiro atoms. The normalized spacial score (nSPS) is 18.3. The highest BCUT2D eigenvalue weighted by molar-refractivity contribution is 8.18. The van der Waals surface area contributed by atoms with Gasteiger partial charge in [-0.15, -0.1) is 0 Å². The fraction of sp³-hybridized carbons (Fsp3) is 0.421. The minimum atomic E-state index is -0.349. The Morgan fingerprint density at radius 3 is 2.89 bits per heavy atom. The number of fused-ring (bicyclic) bond motifs is 1. The number of amides is 3. The molecule has 27 heavy (non-hydrogen) atoms. The molecule has 0 aromatic heterocycles. The SMILES string of the molecule is CCC[C@H](C)C(=O)NCCN1C(=O)S/C(=C\c2ccc3c(c2)OCO3)C1=O. The Hall–Kier alpha value is -2.48. The van der Waals surface area contributed by atoms with Crippen LogP contribution in [-0.4, -0.2) is 41.8 Å². The zero-order valence-corrected chi connectivity index (χ0v) is 16.1. The van der Waals surface area contributed by atoms with Crippen LogP contribution in [0.1, 0.15) is 32.3 Å². The van der Waals surface area contributed by atoms with Crippen molar-refractivity contribution >= 4 is 34.9 Å². The van der Waals surface area contributed by atoms with Gasteiger partial charge >= 0.3 is 0 Å². The van der Waals surface area contributed by atoms with Crippen molar-refractivity contribution in [3.8, 4) is 11.5 Å². The number of hydrogen-bond acceptors (Lipinski definition) is 6. The summed E-state index contributed by atoms with van der Waals surface area (Å²) >= 11 is 0.897. The lowest BCUT2D eigenvalue weighted by atomic mass is 10.1. The van der Waals surface area contributed by atoms with Crippen molar-refractivity contribution in [2.45, 2.75) is 26.7 Å². The molecule has 0 unspecified atom stereocenters. The second-order valence-corrected chi connectivity index (χ2v) is 7.42. The standard InChI is InChI=1S/C19H22N2O5S/c1-3-4-12(2)17(22)20-7-8-21-18(23)16(27-19(21)24)10-13-5-6-14-15(9-13)26-11-25-14/h5-6,9-10,12H,3-4,7-8,11H2,1-2H3,(H,20,22)/b16-10-/t12-/m0/s1. The predicted molar refractivity (Wildman–Crippen MR) is 102 cm³/mol. The summed E-state index contributed by atoms with van der Waals surface area (Å²) in [6.45, 7) is 4.48. The second-order valence-electron chi connectivity index (χ2n) is 6.43. The summed E-state index contributed by atoms with van der Waals surface area (Å²) in [6, 6.07) is 5.34. The van der Waals surface area contributed by atoms with E-state index in [1.165, 1.54) is 0 Å². The number of carbonyl (C=O) groups is 3. The maximum absolute atomic E-state index is 12.5. The zero-order chi connectivity index (χ0) is 19.4. The monoisotopic (exact) mass is 390 g/mol. The molecule has 0 bridgehead atoms. The largest absolute Gasteiger partial charge is 0.454 e. The molecular formula is C19H22N2O5S. The Labute approximate surface area is 162 Å². The number of rotatable bonds is 7. The minimum absolute atomic E-state index is 0.0558. The second kappa shape index (κ2) is 8.47. The number of thioether (sulfide) groups is 1. The fourth-order valence-electron chi connectivity index (χ4n) is 2.88. The van der Waals surface area contributed by atoms with Crippen molar-refractivity contribution in [3.05, 3.63) is 28.7 Å². The van der Waals surface area contributed by atoms with Gasteiger partial charge in [-0.1, -0.05) is 26.3 Å². The van der Waals surface area contributed by atoms with Crippen LogP contribution in [0.4, 0.5) is 4.79 Å². The first-order valence-electron chi connectivity index (χ1n) is 8.92. The van der Waals surface area contributed by atoms with Gasteiger partial charge in [-0.3, -0.25) is 19.3 Å². The predicted octanol–water partition coefficient (Wildman–Crippen LogP) is 3.00. The molecule has 0 saturated carbocycles. The van der Waals surface area contributed by atoms with Crippen molar-refractivity contribution in [1.29, 1.82) is 0 Å². The minimum Gasteiger partial charge on any atom is -0.454 e. The summed E-state index contributed by atoms with van der Waals surface area (Å²) in [5.74, 6) is 0.800. The molecule has 2 aliphatic heterocycles. The van der Waals surface area contributed by atoms with Gasteiger partial charge in [0.15, 0.2) is 11.5 Å². The van der Waals surface area contributed by atoms with Crippen LogP contribution in [-0.2, 0) is 9.59 Å². The van der Waals surface area contributed by atoms with Crippen molar-refractivity contribution in [3.63, 3.8) is 0 Å². The first kappa shape index (κ1) is 19.3. The van der Waals surface area contributed by atoms with Gasteiger partial charge < -0.3 is 14.8 Å². The van der Waals surface area contributed by atoms with Crippen molar-refractivity contribution in [1.82, 2.24) is 10.2 Å². The Kier molecular flexibility index (Phi) is 6.05. The van der Waals surface area contributed by atoms with Crippen LogP contribution in [0.3, 0.4) is 0 Å². The summed E-state index contributed by atoms with van der Waals surface area (Å²) in [5.41, 5.74) is 0.756. The van der Waals surface area contributed by atoms with Gasteiger partial charge in [0.1, 0.15) is 0 Å². The van der Waals surface area contributed by atoms with Gasteiger partial charge in [-0.05, 0) is 42.0 Å². The van der Waals surface area contributed by atoms with Crippen molar-refractivity contribution in [2.24, 2.45) is 5.92 Å². The molecule has 1 N–H and O–H groups in total. The van der Waals surface area contributed by atoms with Gasteiger partial charge in [-0.25, -0.2) is 0 Å². The third-order valence-electron chi connectivity index (χ3n) is 4.37. The lowest BCUT2D eigenvalue weighted by molar-refractivity contribution is -0.126. The molecule has 144 valence electrons. The van der Waals surface area contributed by atoms with Crippen LogP contribution in [0.2, 0.25) is 0 Å². The highest BCUT2D eigenvalue weighted by atomic mass is 32.2. The molecule has 0 radical (unpaired) electrons. The first-order chi connectivity index (χ1) is 13.0. The van der Waals surface area contributed by atoms with Gasteiger partial charge in [-0.2, -0.15) is 0 Å². The first-order valence-corrected chi connectivity index (χ1v) is 9.74. The van der Waals surface area contributed by atoms with E-state index in [0.717, 1.165) is 35.1 Å². The summed E-state index contributed by atoms with van der Waals surface area (Å²) in [5, 5.41) is 2.45. The number of nitrogens with zero attached hydrogens (tertiary/aromatic N) is 1. The summed E-state index contributed by atoms with van der Waals surface area (Å²) < 4.78 is 10.6. The molecule has 3 amide bonds. The number of ether oxygens (including phenoxy) is 2. The molecule has 2 heterocycles. The number of imide groups is 1. The van der Waals surface area contributed by atoms with Crippen LogP contribution in [0, 0.1) is 5.92 Å². The van der Waals surface area contributed by atoms with Crippen LogP contribution in [0.25, 0.3) is 6.08 Å². The van der Waals surface area contributed by atoms with E-state index in [1.807, 2.05) is 13.8 Å². The smallest absolute Gasteiger partial charge is 0.293 e. The average Bonchev–Trinajstić information content (AvgIpc) is 3.21. The van der Waals surface area contributed by atoms with Crippen LogP contribution in [0.5, 0.6) is 11.5 Å². The van der Waals surface area contributed by atoms with E-state index in [4.69, 9.17) is 9.47 Å². The van der Waals surface area contributed by atoms with Crippen molar-refractivity contribution in [2.75, 3.05) is 19.9 Å². The van der Waals surface area contributed by atoms with Crippen LogP contribution < -0.4 is 14.8 Å². The van der Waals surface area contributed by atoms with E-state index in [-0.39, 0.29) is 42.9 Å². The topological polar surface area (TPSA) is 84.9 Å². The Bertz CT molecular complexity index is 792. The highest BCUT2D eigenvalue weighted by Crippen LogP contribution is 2.36. The van der Waals surface area contributed by atoms with E-state index >= 15 is 0 Å². The molecule has 2 aliphatic rings. The molecule has 1 aromatic rings. The lowest BCUT2D eigenvalue weighted by Crippen LogP contribution is -2.38. The third-order valence-corrected chi connectivity index (χ3v) is 5.28. The van der Waals surface area contributed by atoms with Crippen LogP contribution >= 0.6 is 11.8 Å². The molecule has 1 atom stereocenters. The van der Waals surface area contributed by atoms with Gasteiger partial charge in [0.25, 0.3) is 11.1 Å². The summed E-state index contributed by atoms with van der Waals surface area (Å²) in [4.78, 5) is 38.1. The van der Waals surface area contributed by atoms with Gasteiger partial charge in [0.2, 0.25) is 12.7 Å². The molecular weight excluding hydrogens is 368 g/mol.